The highest BCUT2D eigenvalue weighted by atomic mass is 19.1. The van der Waals surface area contributed by atoms with Gasteiger partial charge in [-0.05, 0) is 30.5 Å². The first-order valence-electron chi connectivity index (χ1n) is 8.89. The molecule has 0 radical (unpaired) electrons. The molecule has 0 spiro atoms. The van der Waals surface area contributed by atoms with Crippen molar-refractivity contribution in [2.75, 3.05) is 0 Å². The van der Waals surface area contributed by atoms with Gasteiger partial charge in [0, 0.05) is 31.1 Å². The van der Waals surface area contributed by atoms with Crippen LogP contribution in [0.3, 0.4) is 0 Å². The smallest absolute Gasteiger partial charge is 0.410 e. The zero-order chi connectivity index (χ0) is 18.1. The molecule has 2 fully saturated rings. The van der Waals surface area contributed by atoms with Gasteiger partial charge in [0.1, 0.15) is 18.0 Å². The van der Waals surface area contributed by atoms with Crippen LogP contribution in [0.25, 0.3) is 0 Å². The molecule has 1 N–H and O–H groups in total. The summed E-state index contributed by atoms with van der Waals surface area (Å²) in [5.74, 6) is -0.416. The van der Waals surface area contributed by atoms with Crippen LogP contribution in [0.4, 0.5) is 9.18 Å². The van der Waals surface area contributed by atoms with Crippen molar-refractivity contribution in [1.82, 2.24) is 9.88 Å². The Kier molecular flexibility index (Phi) is 4.36. The van der Waals surface area contributed by atoms with Gasteiger partial charge in [-0.15, -0.1) is 0 Å². The molecule has 1 aromatic carbocycles. The molecule has 6 heteroatoms. The molecular formula is C20H21FN2O3. The van der Waals surface area contributed by atoms with E-state index in [2.05, 4.69) is 4.98 Å². The van der Waals surface area contributed by atoms with E-state index in [1.165, 1.54) is 18.3 Å². The average Bonchev–Trinajstić information content (AvgIpc) is 2.93. The van der Waals surface area contributed by atoms with Crippen molar-refractivity contribution >= 4 is 6.09 Å². The number of piperidine rings is 1. The van der Waals surface area contributed by atoms with Crippen LogP contribution in [0.15, 0.2) is 48.7 Å². The first-order valence-corrected chi connectivity index (χ1v) is 8.89. The van der Waals surface area contributed by atoms with Gasteiger partial charge in [-0.2, -0.15) is 0 Å². The summed E-state index contributed by atoms with van der Waals surface area (Å²) in [6.07, 6.45) is 3.33. The molecule has 5 nitrogen and oxygen atoms in total. The maximum atomic E-state index is 13.5. The minimum atomic E-state index is -1.20. The molecule has 0 aliphatic carbocycles. The van der Waals surface area contributed by atoms with Gasteiger partial charge in [0.2, 0.25) is 0 Å². The Hall–Kier alpha value is -2.47. The molecule has 2 aliphatic heterocycles. The summed E-state index contributed by atoms with van der Waals surface area (Å²) in [5, 5.41) is 11.0. The standard InChI is InChI=1S/C20H21FN2O3/c21-15-8-9-22-18(10-15)20(25)11-16-6-7-17(12-20)23(16)19(24)26-13-14-4-2-1-3-5-14/h1-5,8-10,16-17,25H,6-7,11-13H2. The summed E-state index contributed by atoms with van der Waals surface area (Å²) < 4.78 is 19.0. The maximum Gasteiger partial charge on any atom is 0.410 e. The Labute approximate surface area is 151 Å². The molecule has 2 saturated heterocycles. The molecule has 2 atom stereocenters. The van der Waals surface area contributed by atoms with Crippen LogP contribution in [0.5, 0.6) is 0 Å². The summed E-state index contributed by atoms with van der Waals surface area (Å²) in [5.41, 5.74) is 0.0711. The minimum absolute atomic E-state index is 0.118. The van der Waals surface area contributed by atoms with Gasteiger partial charge in [0.25, 0.3) is 0 Å². The quantitative estimate of drug-likeness (QED) is 0.916. The van der Waals surface area contributed by atoms with Gasteiger partial charge in [-0.3, -0.25) is 4.98 Å². The van der Waals surface area contributed by atoms with E-state index in [9.17, 15) is 14.3 Å². The second-order valence-corrected chi connectivity index (χ2v) is 7.13. The van der Waals surface area contributed by atoms with Gasteiger partial charge in [-0.1, -0.05) is 30.3 Å². The molecule has 136 valence electrons. The number of carbonyl (C=O) groups is 1. The number of carbonyl (C=O) groups excluding carboxylic acids is 1. The van der Waals surface area contributed by atoms with Gasteiger partial charge < -0.3 is 14.7 Å². The van der Waals surface area contributed by atoms with Crippen molar-refractivity contribution in [2.24, 2.45) is 0 Å². The largest absolute Gasteiger partial charge is 0.445 e. The Morgan fingerprint density at radius 3 is 2.58 bits per heavy atom. The Morgan fingerprint density at radius 1 is 1.23 bits per heavy atom. The molecule has 0 saturated carbocycles. The number of ether oxygens (including phenoxy) is 1. The van der Waals surface area contributed by atoms with Gasteiger partial charge >= 0.3 is 6.09 Å². The monoisotopic (exact) mass is 356 g/mol. The number of amides is 1. The first kappa shape index (κ1) is 17.0. The third-order valence-electron chi connectivity index (χ3n) is 5.38. The fourth-order valence-corrected chi connectivity index (χ4v) is 4.19. The van der Waals surface area contributed by atoms with E-state index in [1.54, 1.807) is 4.90 Å². The SMILES string of the molecule is O=C(OCc1ccccc1)N1C2CCC1CC(O)(c1cc(F)ccn1)C2. The number of hydrogen-bond acceptors (Lipinski definition) is 4. The van der Waals surface area contributed by atoms with Crippen molar-refractivity contribution in [1.29, 1.82) is 0 Å². The van der Waals surface area contributed by atoms with E-state index in [0.717, 1.165) is 18.4 Å². The van der Waals surface area contributed by atoms with Gasteiger partial charge in [0.15, 0.2) is 0 Å². The van der Waals surface area contributed by atoms with Crippen molar-refractivity contribution in [3.8, 4) is 0 Å². The molecule has 2 aliphatic rings. The Morgan fingerprint density at radius 2 is 1.92 bits per heavy atom. The second-order valence-electron chi connectivity index (χ2n) is 7.13. The van der Waals surface area contributed by atoms with E-state index in [4.69, 9.17) is 4.74 Å². The molecule has 1 aromatic heterocycles. The molecule has 2 aromatic rings. The molecule has 2 unspecified atom stereocenters. The topological polar surface area (TPSA) is 62.7 Å². The average molecular weight is 356 g/mol. The number of rotatable bonds is 3. The maximum absolute atomic E-state index is 13.5. The molecule has 1 amide bonds. The van der Waals surface area contributed by atoms with Crippen LogP contribution < -0.4 is 0 Å². The summed E-state index contributed by atoms with van der Waals surface area (Å²) in [6.45, 7) is 0.228. The van der Waals surface area contributed by atoms with Crippen LogP contribution in [0.1, 0.15) is 36.9 Å². The van der Waals surface area contributed by atoms with Crippen LogP contribution in [-0.2, 0) is 16.9 Å². The predicted octanol–water partition coefficient (Wildman–Crippen LogP) is 3.37. The van der Waals surface area contributed by atoms with Gasteiger partial charge in [-0.25, -0.2) is 9.18 Å². The van der Waals surface area contributed by atoms with Crippen molar-refractivity contribution < 1.29 is 19.0 Å². The van der Waals surface area contributed by atoms with E-state index in [-0.39, 0.29) is 24.8 Å². The van der Waals surface area contributed by atoms with E-state index in [0.29, 0.717) is 18.5 Å². The lowest BCUT2D eigenvalue weighted by Gasteiger charge is -2.42. The number of halogens is 1. The molecule has 3 heterocycles. The summed E-state index contributed by atoms with van der Waals surface area (Å²) in [6, 6.07) is 11.8. The molecule has 4 rings (SSSR count). The number of pyridine rings is 1. The second kappa shape index (κ2) is 6.68. The highest BCUT2D eigenvalue weighted by molar-refractivity contribution is 5.69. The lowest BCUT2D eigenvalue weighted by molar-refractivity contribution is -0.0566. The van der Waals surface area contributed by atoms with Crippen molar-refractivity contribution in [2.45, 2.75) is 50.0 Å². The number of hydrogen-bond donors (Lipinski definition) is 1. The number of fused-ring (bicyclic) bond motifs is 2. The van der Waals surface area contributed by atoms with Crippen LogP contribution in [0, 0.1) is 5.82 Å². The van der Waals surface area contributed by atoms with Crippen LogP contribution in [-0.4, -0.2) is 33.2 Å². The zero-order valence-corrected chi connectivity index (χ0v) is 14.3. The lowest BCUT2D eigenvalue weighted by Crippen LogP contribution is -2.52. The van der Waals surface area contributed by atoms with E-state index >= 15 is 0 Å². The summed E-state index contributed by atoms with van der Waals surface area (Å²) in [4.78, 5) is 18.5. The van der Waals surface area contributed by atoms with Crippen LogP contribution in [0.2, 0.25) is 0 Å². The molecular weight excluding hydrogens is 335 g/mol. The summed E-state index contributed by atoms with van der Waals surface area (Å²) >= 11 is 0. The number of nitrogens with zero attached hydrogens (tertiary/aromatic N) is 2. The Bertz CT molecular complexity index is 785. The fraction of sp³-hybridized carbons (Fsp3) is 0.400. The van der Waals surface area contributed by atoms with Crippen LogP contribution >= 0.6 is 0 Å². The summed E-state index contributed by atoms with van der Waals surface area (Å²) in [7, 11) is 0. The van der Waals surface area contributed by atoms with Crippen molar-refractivity contribution in [3.05, 3.63) is 65.7 Å². The number of benzene rings is 1. The number of aromatic nitrogens is 1. The Balaban J connectivity index is 1.46. The van der Waals surface area contributed by atoms with E-state index in [1.807, 2.05) is 30.3 Å². The predicted molar refractivity (Wildman–Crippen MR) is 92.6 cm³/mol. The molecule has 2 bridgehead atoms. The zero-order valence-electron chi connectivity index (χ0n) is 14.3. The number of aliphatic hydroxyl groups is 1. The minimum Gasteiger partial charge on any atom is -0.445 e. The van der Waals surface area contributed by atoms with Gasteiger partial charge in [0.05, 0.1) is 5.69 Å². The molecule has 26 heavy (non-hydrogen) atoms. The highest BCUT2D eigenvalue weighted by Crippen LogP contribution is 2.45. The normalized spacial score (nSPS) is 27.4. The fourth-order valence-electron chi connectivity index (χ4n) is 4.19. The van der Waals surface area contributed by atoms with Crippen molar-refractivity contribution in [3.63, 3.8) is 0 Å². The lowest BCUT2D eigenvalue weighted by atomic mass is 9.83. The van der Waals surface area contributed by atoms with E-state index < -0.39 is 11.4 Å². The third kappa shape index (κ3) is 3.17. The third-order valence-corrected chi connectivity index (χ3v) is 5.38. The first-order chi connectivity index (χ1) is 12.5. The highest BCUT2D eigenvalue weighted by Gasteiger charge is 2.51.